The third kappa shape index (κ3) is 3.64. The van der Waals surface area contributed by atoms with E-state index in [0.717, 1.165) is 18.7 Å². The maximum Gasteiger partial charge on any atom is 0.335 e. The van der Waals surface area contributed by atoms with Crippen molar-refractivity contribution in [1.82, 2.24) is 4.90 Å². The van der Waals surface area contributed by atoms with Gasteiger partial charge >= 0.3 is 5.97 Å². The van der Waals surface area contributed by atoms with E-state index in [1.165, 1.54) is 0 Å². The first-order valence-electron chi connectivity index (χ1n) is 5.32. The van der Waals surface area contributed by atoms with E-state index in [-0.39, 0.29) is 6.61 Å². The van der Waals surface area contributed by atoms with Crippen LogP contribution in [-0.2, 0) is 6.54 Å². The zero-order valence-corrected chi connectivity index (χ0v) is 9.39. The number of carboxylic acids is 1. The average Bonchev–Trinajstić information content (AvgIpc) is 2.29. The third-order valence-electron chi connectivity index (χ3n) is 2.47. The van der Waals surface area contributed by atoms with Crippen LogP contribution in [0.3, 0.4) is 0 Å². The molecule has 0 spiro atoms. The van der Waals surface area contributed by atoms with E-state index >= 15 is 0 Å². The molecule has 0 radical (unpaired) electrons. The average molecular weight is 223 g/mol. The second kappa shape index (κ2) is 6.25. The lowest BCUT2D eigenvalue weighted by molar-refractivity contribution is 0.0697. The molecule has 0 aliphatic carbocycles. The fourth-order valence-electron chi connectivity index (χ4n) is 1.50. The van der Waals surface area contributed by atoms with Gasteiger partial charge in [0.1, 0.15) is 0 Å². The Morgan fingerprint density at radius 1 is 1.31 bits per heavy atom. The minimum atomic E-state index is -0.908. The van der Waals surface area contributed by atoms with Crippen LogP contribution in [0.4, 0.5) is 0 Å². The summed E-state index contributed by atoms with van der Waals surface area (Å²) in [5.41, 5.74) is 1.36. The highest BCUT2D eigenvalue weighted by Crippen LogP contribution is 2.07. The molecular formula is C12H17NO3. The van der Waals surface area contributed by atoms with Gasteiger partial charge in [-0.1, -0.05) is 19.1 Å². The van der Waals surface area contributed by atoms with E-state index in [1.54, 1.807) is 12.1 Å². The van der Waals surface area contributed by atoms with E-state index in [4.69, 9.17) is 10.2 Å². The molecule has 1 aromatic carbocycles. The summed E-state index contributed by atoms with van der Waals surface area (Å²) < 4.78 is 0. The van der Waals surface area contributed by atoms with Gasteiger partial charge < -0.3 is 10.2 Å². The number of aromatic carboxylic acids is 1. The molecule has 0 saturated carbocycles. The number of carbonyl (C=O) groups is 1. The summed E-state index contributed by atoms with van der Waals surface area (Å²) in [6.07, 6.45) is 0. The monoisotopic (exact) mass is 223 g/mol. The number of likely N-dealkylation sites (N-methyl/N-ethyl adjacent to an activating group) is 1. The van der Waals surface area contributed by atoms with Crippen molar-refractivity contribution >= 4 is 5.97 Å². The molecule has 1 aromatic rings. The van der Waals surface area contributed by atoms with Crippen molar-refractivity contribution in [3.05, 3.63) is 35.4 Å². The highest BCUT2D eigenvalue weighted by atomic mass is 16.4. The van der Waals surface area contributed by atoms with E-state index < -0.39 is 5.97 Å². The molecule has 2 N–H and O–H groups in total. The first kappa shape index (κ1) is 12.7. The molecule has 4 heteroatoms. The van der Waals surface area contributed by atoms with Crippen LogP contribution in [0.15, 0.2) is 24.3 Å². The maximum atomic E-state index is 10.6. The van der Waals surface area contributed by atoms with Crippen LogP contribution in [0.2, 0.25) is 0 Å². The molecule has 0 atom stereocenters. The summed E-state index contributed by atoms with van der Waals surface area (Å²) in [7, 11) is 0. The molecule has 0 fully saturated rings. The van der Waals surface area contributed by atoms with Gasteiger partial charge in [-0.2, -0.15) is 0 Å². The fourth-order valence-corrected chi connectivity index (χ4v) is 1.50. The van der Waals surface area contributed by atoms with Gasteiger partial charge in [0.15, 0.2) is 0 Å². The first-order chi connectivity index (χ1) is 7.67. The second-order valence-electron chi connectivity index (χ2n) is 3.59. The van der Waals surface area contributed by atoms with Gasteiger partial charge in [-0.25, -0.2) is 4.79 Å². The van der Waals surface area contributed by atoms with Crippen molar-refractivity contribution in [2.75, 3.05) is 19.7 Å². The van der Waals surface area contributed by atoms with Crippen molar-refractivity contribution in [1.29, 1.82) is 0 Å². The molecule has 0 aromatic heterocycles. The number of aliphatic hydroxyl groups is 1. The van der Waals surface area contributed by atoms with Crippen LogP contribution in [-0.4, -0.2) is 40.8 Å². The molecule has 0 amide bonds. The van der Waals surface area contributed by atoms with E-state index in [1.807, 2.05) is 19.1 Å². The molecule has 0 unspecified atom stereocenters. The number of hydrogen-bond donors (Lipinski definition) is 2. The third-order valence-corrected chi connectivity index (χ3v) is 2.47. The normalized spacial score (nSPS) is 10.7. The van der Waals surface area contributed by atoms with Gasteiger partial charge in [-0.15, -0.1) is 0 Å². The summed E-state index contributed by atoms with van der Waals surface area (Å²) in [5, 5.41) is 17.6. The zero-order valence-electron chi connectivity index (χ0n) is 9.39. The Bertz CT molecular complexity index is 335. The van der Waals surface area contributed by atoms with Gasteiger partial charge in [-0.3, -0.25) is 4.90 Å². The summed E-state index contributed by atoms with van der Waals surface area (Å²) in [4.78, 5) is 12.7. The van der Waals surface area contributed by atoms with Gasteiger partial charge in [0, 0.05) is 13.1 Å². The highest BCUT2D eigenvalue weighted by molar-refractivity contribution is 5.87. The number of carboxylic acid groups (broad SMARTS) is 1. The summed E-state index contributed by atoms with van der Waals surface area (Å²) in [6.45, 7) is 4.40. The van der Waals surface area contributed by atoms with Crippen molar-refractivity contribution < 1.29 is 15.0 Å². The van der Waals surface area contributed by atoms with Crippen LogP contribution in [0.25, 0.3) is 0 Å². The van der Waals surface area contributed by atoms with Crippen LogP contribution in [0.1, 0.15) is 22.8 Å². The lowest BCUT2D eigenvalue weighted by Crippen LogP contribution is -2.26. The van der Waals surface area contributed by atoms with E-state index in [0.29, 0.717) is 12.1 Å². The molecular weight excluding hydrogens is 206 g/mol. The molecule has 4 nitrogen and oxygen atoms in total. The molecule has 16 heavy (non-hydrogen) atoms. The lowest BCUT2D eigenvalue weighted by Gasteiger charge is -2.18. The molecule has 88 valence electrons. The Balaban J connectivity index is 2.63. The second-order valence-corrected chi connectivity index (χ2v) is 3.59. The number of nitrogens with zero attached hydrogens (tertiary/aromatic N) is 1. The largest absolute Gasteiger partial charge is 0.478 e. The zero-order chi connectivity index (χ0) is 12.0. The smallest absolute Gasteiger partial charge is 0.335 e. The fraction of sp³-hybridized carbons (Fsp3) is 0.417. The quantitative estimate of drug-likeness (QED) is 0.760. The molecule has 0 aliphatic rings. The molecule has 1 rings (SSSR count). The van der Waals surface area contributed by atoms with E-state index in [9.17, 15) is 4.79 Å². The molecule has 0 aliphatic heterocycles. The van der Waals surface area contributed by atoms with Crippen molar-refractivity contribution in [2.45, 2.75) is 13.5 Å². The topological polar surface area (TPSA) is 60.8 Å². The summed E-state index contributed by atoms with van der Waals surface area (Å²) >= 11 is 0. The van der Waals surface area contributed by atoms with Crippen LogP contribution in [0.5, 0.6) is 0 Å². The van der Waals surface area contributed by atoms with Crippen molar-refractivity contribution in [2.24, 2.45) is 0 Å². The van der Waals surface area contributed by atoms with Gasteiger partial charge in [-0.05, 0) is 24.2 Å². The Kier molecular flexibility index (Phi) is 4.95. The summed E-state index contributed by atoms with van der Waals surface area (Å²) in [5.74, 6) is -0.908. The number of hydrogen-bond acceptors (Lipinski definition) is 3. The number of benzene rings is 1. The molecule has 0 bridgehead atoms. The van der Waals surface area contributed by atoms with Crippen LogP contribution >= 0.6 is 0 Å². The highest BCUT2D eigenvalue weighted by Gasteiger charge is 2.05. The van der Waals surface area contributed by atoms with Gasteiger partial charge in [0.25, 0.3) is 0 Å². The minimum absolute atomic E-state index is 0.140. The van der Waals surface area contributed by atoms with Gasteiger partial charge in [0.2, 0.25) is 0 Å². The Morgan fingerprint density at radius 3 is 2.38 bits per heavy atom. The Labute approximate surface area is 95.1 Å². The Morgan fingerprint density at radius 2 is 1.94 bits per heavy atom. The summed E-state index contributed by atoms with van der Waals surface area (Å²) in [6, 6.07) is 6.82. The van der Waals surface area contributed by atoms with Crippen molar-refractivity contribution in [3.8, 4) is 0 Å². The standard InChI is InChI=1S/C12H17NO3/c1-2-13(7-8-14)9-10-3-5-11(6-4-10)12(15)16/h3-6,14H,2,7-9H2,1H3,(H,15,16). The minimum Gasteiger partial charge on any atom is -0.478 e. The van der Waals surface area contributed by atoms with Crippen molar-refractivity contribution in [3.63, 3.8) is 0 Å². The van der Waals surface area contributed by atoms with E-state index in [2.05, 4.69) is 4.90 Å². The van der Waals surface area contributed by atoms with Gasteiger partial charge in [0.05, 0.1) is 12.2 Å². The molecule has 0 heterocycles. The maximum absolute atomic E-state index is 10.6. The number of rotatable bonds is 6. The lowest BCUT2D eigenvalue weighted by atomic mass is 10.1. The van der Waals surface area contributed by atoms with Crippen LogP contribution < -0.4 is 0 Å². The molecule has 0 saturated heterocycles. The predicted molar refractivity (Wildman–Crippen MR) is 61.4 cm³/mol. The number of aliphatic hydroxyl groups excluding tert-OH is 1. The Hall–Kier alpha value is -1.39. The van der Waals surface area contributed by atoms with Crippen LogP contribution in [0, 0.1) is 0 Å². The predicted octanol–water partition coefficient (Wildman–Crippen LogP) is 1.20. The SMILES string of the molecule is CCN(CCO)Cc1ccc(C(=O)O)cc1. The first-order valence-corrected chi connectivity index (χ1v) is 5.32.